The monoisotopic (exact) mass is 491 g/mol. The fourth-order valence-corrected chi connectivity index (χ4v) is 5.43. The van der Waals surface area contributed by atoms with Gasteiger partial charge in [-0.25, -0.2) is 0 Å². The van der Waals surface area contributed by atoms with E-state index in [0.717, 1.165) is 11.1 Å². The lowest BCUT2D eigenvalue weighted by Gasteiger charge is -2.45. The van der Waals surface area contributed by atoms with E-state index in [0.29, 0.717) is 63.4 Å². The van der Waals surface area contributed by atoms with E-state index in [-0.39, 0.29) is 24.3 Å². The van der Waals surface area contributed by atoms with Gasteiger partial charge in [0.1, 0.15) is 11.8 Å². The Morgan fingerprint density at radius 1 is 0.833 bits per heavy atom. The minimum absolute atomic E-state index is 0.0155. The van der Waals surface area contributed by atoms with E-state index in [1.807, 2.05) is 55.1 Å². The first-order valence-electron chi connectivity index (χ1n) is 12.7. The molecule has 0 bridgehead atoms. The average Bonchev–Trinajstić information content (AvgIpc) is 3.27. The Kier molecular flexibility index (Phi) is 6.81. The molecule has 0 aromatic heterocycles. The number of rotatable bonds is 3. The Morgan fingerprint density at radius 2 is 1.50 bits per heavy atom. The highest BCUT2D eigenvalue weighted by Gasteiger charge is 2.55. The van der Waals surface area contributed by atoms with Crippen molar-refractivity contribution in [3.63, 3.8) is 0 Å². The van der Waals surface area contributed by atoms with Gasteiger partial charge in [0.05, 0.1) is 19.8 Å². The normalized spacial score (nSPS) is 21.6. The smallest absolute Gasteiger partial charge is 0.256 e. The van der Waals surface area contributed by atoms with Crippen molar-refractivity contribution in [1.29, 1.82) is 0 Å². The highest BCUT2D eigenvalue weighted by atomic mass is 16.5. The molecule has 3 saturated heterocycles. The lowest BCUT2D eigenvalue weighted by atomic mass is 9.95. The van der Waals surface area contributed by atoms with Gasteiger partial charge in [-0.05, 0) is 37.6 Å². The van der Waals surface area contributed by atoms with E-state index in [4.69, 9.17) is 9.47 Å². The molecule has 3 amide bonds. The predicted octanol–water partition coefficient (Wildman–Crippen LogP) is 2.64. The van der Waals surface area contributed by atoms with Crippen LogP contribution < -0.4 is 0 Å². The number of aryl methyl sites for hydroxylation is 2. The summed E-state index contributed by atoms with van der Waals surface area (Å²) < 4.78 is 11.7. The van der Waals surface area contributed by atoms with Crippen LogP contribution in [0.5, 0.6) is 0 Å². The summed E-state index contributed by atoms with van der Waals surface area (Å²) in [5.74, 6) is -0.329. The van der Waals surface area contributed by atoms with Gasteiger partial charge in [-0.15, -0.1) is 0 Å². The molecule has 3 heterocycles. The Morgan fingerprint density at radius 3 is 2.17 bits per heavy atom. The van der Waals surface area contributed by atoms with Crippen LogP contribution in [-0.4, -0.2) is 90.2 Å². The molecular formula is C28H33N3O5. The summed E-state index contributed by atoms with van der Waals surface area (Å²) in [6.07, 6.45) is 0.907. The molecule has 0 radical (unpaired) electrons. The van der Waals surface area contributed by atoms with Crippen LogP contribution in [0, 0.1) is 13.8 Å². The van der Waals surface area contributed by atoms with Crippen LogP contribution in [-0.2, 0) is 14.3 Å². The van der Waals surface area contributed by atoms with E-state index in [2.05, 4.69) is 0 Å². The zero-order valence-corrected chi connectivity index (χ0v) is 20.9. The first-order chi connectivity index (χ1) is 17.4. The first kappa shape index (κ1) is 24.5. The standard InChI is InChI=1S/C28H33N3O5/c1-20-7-9-22(10-8-20)25(32)31-24(27(34)30-15-17-35-18-16-30)19-36-28(31)11-13-29(14-12-28)26(33)23-6-4-3-5-21(23)2/h3-10,24H,11-19H2,1-2H3. The van der Waals surface area contributed by atoms with Gasteiger partial charge in [0.2, 0.25) is 5.91 Å². The molecule has 8 heteroatoms. The van der Waals surface area contributed by atoms with Crippen LogP contribution in [0.4, 0.5) is 0 Å². The maximum Gasteiger partial charge on any atom is 0.256 e. The van der Waals surface area contributed by atoms with Crippen molar-refractivity contribution in [3.8, 4) is 0 Å². The van der Waals surface area contributed by atoms with Gasteiger partial charge in [-0.2, -0.15) is 0 Å². The van der Waals surface area contributed by atoms with Crippen LogP contribution in [0.1, 0.15) is 44.7 Å². The van der Waals surface area contributed by atoms with Crippen molar-refractivity contribution in [2.24, 2.45) is 0 Å². The molecule has 8 nitrogen and oxygen atoms in total. The van der Waals surface area contributed by atoms with Crippen molar-refractivity contribution < 1.29 is 23.9 Å². The summed E-state index contributed by atoms with van der Waals surface area (Å²) >= 11 is 0. The van der Waals surface area contributed by atoms with E-state index < -0.39 is 11.8 Å². The minimum atomic E-state index is -0.920. The van der Waals surface area contributed by atoms with E-state index in [1.54, 1.807) is 21.9 Å². The third-order valence-electron chi connectivity index (χ3n) is 7.59. The van der Waals surface area contributed by atoms with Gasteiger partial charge >= 0.3 is 0 Å². The molecule has 36 heavy (non-hydrogen) atoms. The Labute approximate surface area is 211 Å². The summed E-state index contributed by atoms with van der Waals surface area (Å²) in [6, 6.07) is 14.3. The van der Waals surface area contributed by atoms with Gasteiger partial charge in [-0.1, -0.05) is 35.9 Å². The van der Waals surface area contributed by atoms with Gasteiger partial charge < -0.3 is 19.3 Å². The third kappa shape index (κ3) is 4.51. The molecule has 0 N–H and O–H groups in total. The second kappa shape index (κ2) is 10.0. The van der Waals surface area contributed by atoms with E-state index >= 15 is 0 Å². The summed E-state index contributed by atoms with van der Waals surface area (Å²) in [4.78, 5) is 45.9. The summed E-state index contributed by atoms with van der Waals surface area (Å²) in [7, 11) is 0. The number of morpholine rings is 1. The Hall–Kier alpha value is -3.23. The van der Waals surface area contributed by atoms with E-state index in [9.17, 15) is 14.4 Å². The number of hydrogen-bond acceptors (Lipinski definition) is 5. The van der Waals surface area contributed by atoms with Crippen molar-refractivity contribution in [3.05, 3.63) is 70.8 Å². The highest BCUT2D eigenvalue weighted by molar-refractivity contribution is 5.99. The van der Waals surface area contributed by atoms with Crippen LogP contribution in [0.25, 0.3) is 0 Å². The zero-order valence-electron chi connectivity index (χ0n) is 20.9. The van der Waals surface area contributed by atoms with Crippen molar-refractivity contribution in [1.82, 2.24) is 14.7 Å². The summed E-state index contributed by atoms with van der Waals surface area (Å²) in [6.45, 7) is 6.95. The number of hydrogen-bond donors (Lipinski definition) is 0. The highest BCUT2D eigenvalue weighted by Crippen LogP contribution is 2.39. The van der Waals surface area contributed by atoms with Gasteiger partial charge in [0.15, 0.2) is 0 Å². The number of carbonyl (C=O) groups excluding carboxylic acids is 3. The van der Waals surface area contributed by atoms with Crippen LogP contribution in [0.3, 0.4) is 0 Å². The second-order valence-corrected chi connectivity index (χ2v) is 9.86. The number of amides is 3. The molecule has 190 valence electrons. The van der Waals surface area contributed by atoms with Crippen LogP contribution in [0.2, 0.25) is 0 Å². The molecule has 3 fully saturated rings. The molecule has 0 aliphatic carbocycles. The van der Waals surface area contributed by atoms with Crippen molar-refractivity contribution >= 4 is 17.7 Å². The second-order valence-electron chi connectivity index (χ2n) is 9.86. The molecule has 1 unspecified atom stereocenters. The van der Waals surface area contributed by atoms with Gasteiger partial charge in [0, 0.05) is 50.1 Å². The van der Waals surface area contributed by atoms with Gasteiger partial charge in [-0.3, -0.25) is 19.3 Å². The average molecular weight is 492 g/mol. The molecule has 5 rings (SSSR count). The largest absolute Gasteiger partial charge is 0.378 e. The third-order valence-corrected chi connectivity index (χ3v) is 7.59. The van der Waals surface area contributed by atoms with Crippen molar-refractivity contribution in [2.45, 2.75) is 38.5 Å². The Bertz CT molecular complexity index is 1130. The Balaban J connectivity index is 1.40. The number of ether oxygens (including phenoxy) is 2. The molecule has 1 spiro atoms. The maximum atomic E-state index is 13.9. The molecular weight excluding hydrogens is 458 g/mol. The molecule has 3 aliphatic heterocycles. The zero-order chi connectivity index (χ0) is 25.3. The molecule has 3 aliphatic rings. The van der Waals surface area contributed by atoms with Crippen molar-refractivity contribution in [2.75, 3.05) is 46.0 Å². The molecule has 0 saturated carbocycles. The molecule has 1 atom stereocenters. The summed E-state index contributed by atoms with van der Waals surface area (Å²) in [5.41, 5.74) is 2.30. The number of nitrogens with zero attached hydrogens (tertiary/aromatic N) is 3. The number of carbonyl (C=O) groups is 3. The number of benzene rings is 2. The fraction of sp³-hybridized carbons (Fsp3) is 0.464. The van der Waals surface area contributed by atoms with Crippen LogP contribution in [0.15, 0.2) is 48.5 Å². The number of likely N-dealkylation sites (tertiary alicyclic amines) is 1. The predicted molar refractivity (Wildman–Crippen MR) is 134 cm³/mol. The lowest BCUT2D eigenvalue weighted by Crippen LogP contribution is -2.60. The SMILES string of the molecule is Cc1ccc(C(=O)N2C(C(=O)N3CCOCC3)COC23CCN(C(=O)c2ccccc2C)CC3)cc1. The first-order valence-corrected chi connectivity index (χ1v) is 12.7. The van der Waals surface area contributed by atoms with Crippen LogP contribution >= 0.6 is 0 Å². The summed E-state index contributed by atoms with van der Waals surface area (Å²) in [5, 5.41) is 0. The fourth-order valence-electron chi connectivity index (χ4n) is 5.43. The lowest BCUT2D eigenvalue weighted by molar-refractivity contribution is -0.141. The molecule has 2 aromatic rings. The van der Waals surface area contributed by atoms with E-state index in [1.165, 1.54) is 0 Å². The quantitative estimate of drug-likeness (QED) is 0.660. The minimum Gasteiger partial charge on any atom is -0.378 e. The maximum absolute atomic E-state index is 13.9. The van der Waals surface area contributed by atoms with Gasteiger partial charge in [0.25, 0.3) is 11.8 Å². The molecule has 2 aromatic carbocycles. The topological polar surface area (TPSA) is 79.4 Å². The number of piperidine rings is 1.